The molecule has 0 aliphatic rings. The van der Waals surface area contributed by atoms with Gasteiger partial charge in [-0.2, -0.15) is 5.10 Å². The fourth-order valence-electron chi connectivity index (χ4n) is 2.48. The van der Waals surface area contributed by atoms with Gasteiger partial charge in [0, 0.05) is 31.8 Å². The molecular weight excluding hydrogens is 254 g/mol. The van der Waals surface area contributed by atoms with Gasteiger partial charge < -0.3 is 10.0 Å². The first-order chi connectivity index (χ1) is 9.23. The molecule has 0 bridgehead atoms. The van der Waals surface area contributed by atoms with Crippen LogP contribution in [0.25, 0.3) is 6.08 Å². The lowest BCUT2D eigenvalue weighted by molar-refractivity contribution is -0.131. The van der Waals surface area contributed by atoms with Crippen molar-refractivity contribution in [1.82, 2.24) is 9.78 Å². The molecule has 0 fully saturated rings. The molecule has 1 aromatic rings. The molecule has 0 aliphatic carbocycles. The summed E-state index contributed by atoms with van der Waals surface area (Å²) in [6.07, 6.45) is 3.86. The molecule has 112 valence electrons. The summed E-state index contributed by atoms with van der Waals surface area (Å²) in [5, 5.41) is 13.2. The van der Waals surface area contributed by atoms with Crippen LogP contribution in [-0.2, 0) is 11.8 Å². The molecule has 0 amide bonds. The molecule has 5 heteroatoms. The molecule has 1 aromatic heterocycles. The third-order valence-electron chi connectivity index (χ3n) is 3.44. The molecular formula is C15H25N3O2. The molecule has 1 heterocycles. The smallest absolute Gasteiger partial charge is 0.328 e. The number of carboxylic acid groups (broad SMARTS) is 1. The van der Waals surface area contributed by atoms with Crippen LogP contribution >= 0.6 is 0 Å². The predicted octanol–water partition coefficient (Wildman–Crippen LogP) is 2.70. The van der Waals surface area contributed by atoms with E-state index in [-0.39, 0.29) is 0 Å². The van der Waals surface area contributed by atoms with Gasteiger partial charge in [-0.3, -0.25) is 4.68 Å². The summed E-state index contributed by atoms with van der Waals surface area (Å²) in [7, 11) is 3.92. The standard InChI is InChI=1S/C15H25N3O2/c1-10(2)9-11(3)17(5)15-13(7-8-14(19)20)12(4)16-18(15)6/h7-8,10-11H,9H2,1-6H3,(H,19,20). The summed E-state index contributed by atoms with van der Waals surface area (Å²) in [6.45, 7) is 8.47. The zero-order valence-corrected chi connectivity index (χ0v) is 13.2. The molecule has 5 nitrogen and oxygen atoms in total. The molecule has 20 heavy (non-hydrogen) atoms. The number of hydrogen-bond donors (Lipinski definition) is 1. The van der Waals surface area contributed by atoms with Crippen LogP contribution in [0.3, 0.4) is 0 Å². The average Bonchev–Trinajstić information content (AvgIpc) is 2.59. The largest absolute Gasteiger partial charge is 0.478 e. The van der Waals surface area contributed by atoms with E-state index in [4.69, 9.17) is 5.11 Å². The molecule has 0 radical (unpaired) electrons. The molecule has 1 N–H and O–H groups in total. The number of aliphatic carboxylic acids is 1. The van der Waals surface area contributed by atoms with Crippen LogP contribution in [0.2, 0.25) is 0 Å². The van der Waals surface area contributed by atoms with Gasteiger partial charge >= 0.3 is 5.97 Å². The minimum absolute atomic E-state index is 0.363. The van der Waals surface area contributed by atoms with Crippen LogP contribution in [0, 0.1) is 12.8 Å². The van der Waals surface area contributed by atoms with Gasteiger partial charge in [0.2, 0.25) is 0 Å². The van der Waals surface area contributed by atoms with Crippen LogP contribution in [-0.4, -0.2) is 33.9 Å². The van der Waals surface area contributed by atoms with Crippen LogP contribution in [0.4, 0.5) is 5.82 Å². The molecule has 1 atom stereocenters. The summed E-state index contributed by atoms with van der Waals surface area (Å²) in [5.41, 5.74) is 1.71. The van der Waals surface area contributed by atoms with Crippen molar-refractivity contribution in [3.8, 4) is 0 Å². The Bertz CT molecular complexity index is 503. The first-order valence-corrected chi connectivity index (χ1v) is 6.91. The van der Waals surface area contributed by atoms with Crippen molar-refractivity contribution in [3.63, 3.8) is 0 Å². The van der Waals surface area contributed by atoms with Crippen molar-refractivity contribution in [2.45, 2.75) is 40.2 Å². The Morgan fingerprint density at radius 2 is 2.05 bits per heavy atom. The Labute approximate surface area is 120 Å². The van der Waals surface area contributed by atoms with E-state index < -0.39 is 5.97 Å². The summed E-state index contributed by atoms with van der Waals surface area (Å²) in [4.78, 5) is 12.9. The van der Waals surface area contributed by atoms with Crippen molar-refractivity contribution in [2.24, 2.45) is 13.0 Å². The first-order valence-electron chi connectivity index (χ1n) is 6.91. The maximum Gasteiger partial charge on any atom is 0.328 e. The van der Waals surface area contributed by atoms with E-state index in [1.165, 1.54) is 0 Å². The zero-order valence-electron chi connectivity index (χ0n) is 13.2. The number of rotatable bonds is 6. The van der Waals surface area contributed by atoms with Crippen molar-refractivity contribution in [2.75, 3.05) is 11.9 Å². The second-order valence-corrected chi connectivity index (χ2v) is 5.71. The Morgan fingerprint density at radius 3 is 2.55 bits per heavy atom. The van der Waals surface area contributed by atoms with E-state index in [0.29, 0.717) is 12.0 Å². The fourth-order valence-corrected chi connectivity index (χ4v) is 2.48. The maximum atomic E-state index is 10.7. The molecule has 0 spiro atoms. The highest BCUT2D eigenvalue weighted by Crippen LogP contribution is 2.26. The Balaban J connectivity index is 3.13. The quantitative estimate of drug-likeness (QED) is 0.813. The van der Waals surface area contributed by atoms with Crippen LogP contribution in [0.15, 0.2) is 6.08 Å². The topological polar surface area (TPSA) is 58.4 Å². The lowest BCUT2D eigenvalue weighted by Gasteiger charge is -2.28. The molecule has 0 saturated heterocycles. The van der Waals surface area contributed by atoms with Gasteiger partial charge in [-0.15, -0.1) is 0 Å². The SMILES string of the molecule is Cc1nn(C)c(N(C)C(C)CC(C)C)c1C=CC(=O)O. The Hall–Kier alpha value is -1.78. The Kier molecular flexibility index (Phi) is 5.36. The van der Waals surface area contributed by atoms with Gasteiger partial charge in [0.15, 0.2) is 0 Å². The minimum Gasteiger partial charge on any atom is -0.478 e. The summed E-state index contributed by atoms with van der Waals surface area (Å²) in [5.74, 6) is 0.616. The van der Waals surface area contributed by atoms with E-state index in [1.54, 1.807) is 6.08 Å². The number of aromatic nitrogens is 2. The lowest BCUT2D eigenvalue weighted by Crippen LogP contribution is -2.32. The summed E-state index contributed by atoms with van der Waals surface area (Å²) in [6, 6.07) is 0.363. The van der Waals surface area contributed by atoms with Gasteiger partial charge in [0.1, 0.15) is 5.82 Å². The highest BCUT2D eigenvalue weighted by atomic mass is 16.4. The number of anilines is 1. The normalized spacial score (nSPS) is 13.2. The molecule has 0 saturated carbocycles. The molecule has 0 aromatic carbocycles. The molecule has 0 aliphatic heterocycles. The number of carbonyl (C=O) groups is 1. The zero-order chi connectivity index (χ0) is 15.4. The van der Waals surface area contributed by atoms with E-state index in [0.717, 1.165) is 29.6 Å². The van der Waals surface area contributed by atoms with E-state index in [9.17, 15) is 4.79 Å². The first kappa shape index (κ1) is 16.3. The third kappa shape index (κ3) is 3.85. The monoisotopic (exact) mass is 279 g/mol. The van der Waals surface area contributed by atoms with Gasteiger partial charge in [0.05, 0.1) is 5.69 Å². The van der Waals surface area contributed by atoms with E-state index in [2.05, 4.69) is 30.8 Å². The Morgan fingerprint density at radius 1 is 1.45 bits per heavy atom. The third-order valence-corrected chi connectivity index (χ3v) is 3.44. The number of aryl methyl sites for hydroxylation is 2. The second kappa shape index (κ2) is 6.59. The highest BCUT2D eigenvalue weighted by Gasteiger charge is 2.19. The van der Waals surface area contributed by atoms with Gasteiger partial charge in [-0.1, -0.05) is 13.8 Å². The van der Waals surface area contributed by atoms with Crippen molar-refractivity contribution >= 4 is 17.9 Å². The fraction of sp³-hybridized carbons (Fsp3) is 0.600. The van der Waals surface area contributed by atoms with E-state index in [1.807, 2.05) is 25.7 Å². The maximum absolute atomic E-state index is 10.7. The number of carboxylic acids is 1. The molecule has 1 unspecified atom stereocenters. The van der Waals surface area contributed by atoms with Crippen LogP contribution < -0.4 is 4.90 Å². The minimum atomic E-state index is -0.947. The molecule has 1 rings (SSSR count). The van der Waals surface area contributed by atoms with Crippen molar-refractivity contribution in [1.29, 1.82) is 0 Å². The van der Waals surface area contributed by atoms with Gasteiger partial charge in [0.25, 0.3) is 0 Å². The van der Waals surface area contributed by atoms with Crippen molar-refractivity contribution in [3.05, 3.63) is 17.3 Å². The van der Waals surface area contributed by atoms with Gasteiger partial charge in [-0.05, 0) is 32.3 Å². The summed E-state index contributed by atoms with van der Waals surface area (Å²) < 4.78 is 1.81. The van der Waals surface area contributed by atoms with Crippen LogP contribution in [0.5, 0.6) is 0 Å². The van der Waals surface area contributed by atoms with E-state index >= 15 is 0 Å². The average molecular weight is 279 g/mol. The predicted molar refractivity (Wildman–Crippen MR) is 81.9 cm³/mol. The summed E-state index contributed by atoms with van der Waals surface area (Å²) >= 11 is 0. The number of hydrogen-bond acceptors (Lipinski definition) is 3. The van der Waals surface area contributed by atoms with Gasteiger partial charge in [-0.25, -0.2) is 4.79 Å². The number of nitrogens with zero attached hydrogens (tertiary/aromatic N) is 3. The van der Waals surface area contributed by atoms with Crippen LogP contribution in [0.1, 0.15) is 38.4 Å². The van der Waals surface area contributed by atoms with Crippen molar-refractivity contribution < 1.29 is 9.90 Å². The second-order valence-electron chi connectivity index (χ2n) is 5.71. The lowest BCUT2D eigenvalue weighted by atomic mass is 10.0. The highest BCUT2D eigenvalue weighted by molar-refractivity contribution is 5.87.